The average molecular weight is 417 g/mol. The van der Waals surface area contributed by atoms with E-state index in [-0.39, 0.29) is 24.9 Å². The van der Waals surface area contributed by atoms with E-state index in [0.717, 1.165) is 8.95 Å². The van der Waals surface area contributed by atoms with Crippen LogP contribution in [0.2, 0.25) is 0 Å². The molecule has 0 fully saturated rings. The minimum atomic E-state index is -0.339. The summed E-state index contributed by atoms with van der Waals surface area (Å²) in [6, 6.07) is 11.7. The molecule has 1 amide bonds. The smallest absolute Gasteiger partial charge is 0.258 e. The van der Waals surface area contributed by atoms with Gasteiger partial charge in [0, 0.05) is 16.6 Å². The first-order valence-electron chi connectivity index (χ1n) is 6.14. The lowest BCUT2D eigenvalue weighted by atomic mass is 10.2. The van der Waals surface area contributed by atoms with Crippen LogP contribution < -0.4 is 10.1 Å². The first-order chi connectivity index (χ1) is 10.1. The second kappa shape index (κ2) is 7.56. The summed E-state index contributed by atoms with van der Waals surface area (Å²) in [4.78, 5) is 11.7. The lowest BCUT2D eigenvalue weighted by molar-refractivity contribution is -0.123. The van der Waals surface area contributed by atoms with Crippen molar-refractivity contribution in [3.8, 4) is 5.75 Å². The van der Waals surface area contributed by atoms with Crippen LogP contribution in [0.1, 0.15) is 5.56 Å². The topological polar surface area (TPSA) is 38.3 Å². The molecule has 0 saturated heterocycles. The van der Waals surface area contributed by atoms with Crippen molar-refractivity contribution in [2.45, 2.75) is 6.54 Å². The van der Waals surface area contributed by atoms with E-state index < -0.39 is 0 Å². The van der Waals surface area contributed by atoms with Gasteiger partial charge < -0.3 is 10.1 Å². The fourth-order valence-electron chi connectivity index (χ4n) is 1.62. The maximum absolute atomic E-state index is 13.4. The third kappa shape index (κ3) is 4.82. The van der Waals surface area contributed by atoms with Gasteiger partial charge in [-0.3, -0.25) is 4.79 Å². The van der Waals surface area contributed by atoms with Crippen molar-refractivity contribution in [3.63, 3.8) is 0 Å². The Labute approximate surface area is 138 Å². The quantitative estimate of drug-likeness (QED) is 0.798. The van der Waals surface area contributed by atoms with Crippen molar-refractivity contribution in [2.24, 2.45) is 0 Å². The highest BCUT2D eigenvalue weighted by molar-refractivity contribution is 9.11. The minimum absolute atomic E-state index is 0.130. The molecular formula is C15H12Br2FNO2. The van der Waals surface area contributed by atoms with Crippen LogP contribution in [0.3, 0.4) is 0 Å². The van der Waals surface area contributed by atoms with E-state index in [1.165, 1.54) is 6.07 Å². The Kier molecular flexibility index (Phi) is 5.76. The van der Waals surface area contributed by atoms with Gasteiger partial charge in [-0.2, -0.15) is 0 Å². The van der Waals surface area contributed by atoms with Crippen LogP contribution in [0.4, 0.5) is 4.39 Å². The minimum Gasteiger partial charge on any atom is -0.483 e. The summed E-state index contributed by atoms with van der Waals surface area (Å²) in [5, 5.41) is 2.61. The molecule has 110 valence electrons. The Balaban J connectivity index is 1.84. The number of ether oxygens (including phenoxy) is 1. The predicted molar refractivity (Wildman–Crippen MR) is 85.6 cm³/mol. The number of benzene rings is 2. The van der Waals surface area contributed by atoms with Crippen molar-refractivity contribution in [2.75, 3.05) is 6.61 Å². The molecule has 2 aromatic rings. The maximum Gasteiger partial charge on any atom is 0.258 e. The Morgan fingerprint density at radius 3 is 2.67 bits per heavy atom. The van der Waals surface area contributed by atoms with E-state index in [0.29, 0.717) is 11.3 Å². The van der Waals surface area contributed by atoms with Crippen LogP contribution in [0.15, 0.2) is 51.4 Å². The first kappa shape index (κ1) is 16.0. The number of carbonyl (C=O) groups excluding carboxylic acids is 1. The highest BCUT2D eigenvalue weighted by Crippen LogP contribution is 2.28. The lowest BCUT2D eigenvalue weighted by Crippen LogP contribution is -2.28. The molecule has 0 aliphatic rings. The number of hydrogen-bond donors (Lipinski definition) is 1. The van der Waals surface area contributed by atoms with Gasteiger partial charge in [-0.25, -0.2) is 4.39 Å². The number of nitrogens with one attached hydrogen (secondary N) is 1. The van der Waals surface area contributed by atoms with Gasteiger partial charge in [-0.1, -0.05) is 34.1 Å². The number of amides is 1. The van der Waals surface area contributed by atoms with Crippen molar-refractivity contribution >= 4 is 37.8 Å². The monoisotopic (exact) mass is 415 g/mol. The molecule has 2 aromatic carbocycles. The molecule has 2 rings (SSSR count). The van der Waals surface area contributed by atoms with E-state index in [4.69, 9.17) is 4.74 Å². The lowest BCUT2D eigenvalue weighted by Gasteiger charge is -2.09. The van der Waals surface area contributed by atoms with Crippen molar-refractivity contribution in [3.05, 3.63) is 62.8 Å². The predicted octanol–water partition coefficient (Wildman–Crippen LogP) is 4.05. The van der Waals surface area contributed by atoms with E-state index >= 15 is 0 Å². The zero-order chi connectivity index (χ0) is 15.2. The fraction of sp³-hybridized carbons (Fsp3) is 0.133. The van der Waals surface area contributed by atoms with Crippen LogP contribution in [0.5, 0.6) is 5.75 Å². The summed E-state index contributed by atoms with van der Waals surface area (Å²) in [5.74, 6) is -0.0818. The Bertz CT molecular complexity index is 649. The van der Waals surface area contributed by atoms with E-state index in [9.17, 15) is 9.18 Å². The molecule has 3 nitrogen and oxygen atoms in total. The third-order valence-corrected chi connectivity index (χ3v) is 3.80. The molecule has 6 heteroatoms. The molecule has 21 heavy (non-hydrogen) atoms. The molecule has 0 saturated carbocycles. The third-order valence-electron chi connectivity index (χ3n) is 2.69. The fourth-order valence-corrected chi connectivity index (χ4v) is 2.78. The largest absolute Gasteiger partial charge is 0.483 e. The van der Waals surface area contributed by atoms with Crippen LogP contribution >= 0.6 is 31.9 Å². The van der Waals surface area contributed by atoms with Gasteiger partial charge in [-0.05, 0) is 40.2 Å². The summed E-state index contributed by atoms with van der Waals surface area (Å²) >= 11 is 6.68. The summed E-state index contributed by atoms with van der Waals surface area (Å²) in [6.45, 7) is 0.00502. The molecule has 0 aliphatic heterocycles. The molecule has 0 heterocycles. The SMILES string of the molecule is O=C(COc1ccc(Br)cc1Br)NCc1ccccc1F. The number of rotatable bonds is 5. The molecule has 0 aliphatic carbocycles. The molecule has 0 bridgehead atoms. The zero-order valence-corrected chi connectivity index (χ0v) is 14.1. The molecule has 0 aromatic heterocycles. The molecule has 0 atom stereocenters. The van der Waals surface area contributed by atoms with Gasteiger partial charge in [0.05, 0.1) is 4.47 Å². The van der Waals surface area contributed by atoms with E-state index in [2.05, 4.69) is 37.2 Å². The molecule has 0 radical (unpaired) electrons. The molecule has 0 spiro atoms. The van der Waals surface area contributed by atoms with Crippen molar-refractivity contribution in [1.82, 2.24) is 5.32 Å². The van der Waals surface area contributed by atoms with E-state index in [1.807, 2.05) is 12.1 Å². The second-order valence-corrected chi connectivity index (χ2v) is 6.00. The first-order valence-corrected chi connectivity index (χ1v) is 7.73. The molecular weight excluding hydrogens is 405 g/mol. The van der Waals surface area contributed by atoms with Crippen LogP contribution in [-0.4, -0.2) is 12.5 Å². The van der Waals surface area contributed by atoms with Gasteiger partial charge in [0.25, 0.3) is 5.91 Å². The summed E-state index contributed by atoms with van der Waals surface area (Å²) in [6.07, 6.45) is 0. The summed E-state index contributed by atoms with van der Waals surface area (Å²) in [5.41, 5.74) is 0.440. The number of hydrogen-bond acceptors (Lipinski definition) is 2. The second-order valence-electron chi connectivity index (χ2n) is 4.23. The Morgan fingerprint density at radius 2 is 1.95 bits per heavy atom. The maximum atomic E-state index is 13.4. The van der Waals surface area contributed by atoms with Gasteiger partial charge in [0.15, 0.2) is 6.61 Å². The highest BCUT2D eigenvalue weighted by atomic mass is 79.9. The number of carbonyl (C=O) groups is 1. The van der Waals surface area contributed by atoms with E-state index in [1.54, 1.807) is 24.3 Å². The van der Waals surface area contributed by atoms with Gasteiger partial charge in [0.2, 0.25) is 0 Å². The standard InChI is InChI=1S/C15H12Br2FNO2/c16-11-5-6-14(12(17)7-11)21-9-15(20)19-8-10-3-1-2-4-13(10)18/h1-7H,8-9H2,(H,19,20). The molecule has 1 N–H and O–H groups in total. The van der Waals surface area contributed by atoms with Crippen LogP contribution in [0.25, 0.3) is 0 Å². The van der Waals surface area contributed by atoms with Crippen molar-refractivity contribution in [1.29, 1.82) is 0 Å². The van der Waals surface area contributed by atoms with Crippen LogP contribution in [-0.2, 0) is 11.3 Å². The summed E-state index contributed by atoms with van der Waals surface area (Å²) in [7, 11) is 0. The average Bonchev–Trinajstić information content (AvgIpc) is 2.45. The Morgan fingerprint density at radius 1 is 1.19 bits per heavy atom. The number of halogens is 3. The van der Waals surface area contributed by atoms with Gasteiger partial charge in [0.1, 0.15) is 11.6 Å². The summed E-state index contributed by atoms with van der Waals surface area (Å²) < 4.78 is 20.4. The van der Waals surface area contributed by atoms with Crippen molar-refractivity contribution < 1.29 is 13.9 Å². The Hall–Kier alpha value is -1.40. The normalized spacial score (nSPS) is 10.2. The van der Waals surface area contributed by atoms with Crippen LogP contribution in [0, 0.1) is 5.82 Å². The van der Waals surface area contributed by atoms with Gasteiger partial charge in [-0.15, -0.1) is 0 Å². The highest BCUT2D eigenvalue weighted by Gasteiger charge is 2.07. The molecule has 0 unspecified atom stereocenters. The zero-order valence-electron chi connectivity index (χ0n) is 10.9. The van der Waals surface area contributed by atoms with Gasteiger partial charge >= 0.3 is 0 Å².